The molecule has 8 heteroatoms. The summed E-state index contributed by atoms with van der Waals surface area (Å²) in [5.74, 6) is 7.96. The lowest BCUT2D eigenvalue weighted by atomic mass is 10.2. The van der Waals surface area contributed by atoms with Gasteiger partial charge in [0.05, 0.1) is 22.8 Å². The zero-order chi connectivity index (χ0) is 23.2. The molecule has 0 unspecified atom stereocenters. The first-order valence-electron chi connectivity index (χ1n) is 10.8. The molecule has 8 nitrogen and oxygen atoms in total. The van der Waals surface area contributed by atoms with Crippen molar-refractivity contribution in [1.29, 1.82) is 0 Å². The number of aryl methyl sites for hydroxylation is 1. The predicted octanol–water partition coefficient (Wildman–Crippen LogP) is 3.98. The van der Waals surface area contributed by atoms with E-state index < -0.39 is 5.91 Å². The summed E-state index contributed by atoms with van der Waals surface area (Å²) < 4.78 is 0. The van der Waals surface area contributed by atoms with E-state index in [1.54, 1.807) is 30.5 Å². The van der Waals surface area contributed by atoms with Gasteiger partial charge in [-0.15, -0.1) is 0 Å². The number of rotatable bonds is 7. The Morgan fingerprint density at radius 1 is 1.09 bits per heavy atom. The minimum absolute atomic E-state index is 0.428. The molecule has 2 heterocycles. The fourth-order valence-electron chi connectivity index (χ4n) is 3.21. The van der Waals surface area contributed by atoms with Crippen molar-refractivity contribution in [3.05, 3.63) is 71.2 Å². The Balaban J connectivity index is 1.58. The molecule has 0 saturated heterocycles. The van der Waals surface area contributed by atoms with Crippen LogP contribution in [0.2, 0.25) is 0 Å². The molecule has 2 aromatic carbocycles. The molecule has 2 aromatic heterocycles. The van der Waals surface area contributed by atoms with Crippen LogP contribution >= 0.6 is 0 Å². The monoisotopic (exact) mass is 439 g/mol. The maximum absolute atomic E-state index is 11.2. The van der Waals surface area contributed by atoms with Crippen molar-refractivity contribution in [3.63, 3.8) is 0 Å². The Morgan fingerprint density at radius 2 is 1.91 bits per heavy atom. The van der Waals surface area contributed by atoms with Crippen molar-refractivity contribution in [3.8, 4) is 11.8 Å². The fraction of sp³-hybridized carbons (Fsp3) is 0.200. The van der Waals surface area contributed by atoms with Gasteiger partial charge in [-0.2, -0.15) is 4.98 Å². The molecule has 1 amide bonds. The number of amides is 1. The summed E-state index contributed by atoms with van der Waals surface area (Å²) in [6.45, 7) is 4.92. The number of carbonyl (C=O) groups excluding carboxylic acids is 1. The SMILES string of the molecule is CCCNc1nc(Nc2ccc(C(N)=O)cc2)ncc1C#Cc1ccc2nc(CC)[nH]c2c1. The maximum atomic E-state index is 11.2. The third kappa shape index (κ3) is 5.28. The van der Waals surface area contributed by atoms with E-state index in [0.29, 0.717) is 22.9 Å². The van der Waals surface area contributed by atoms with Gasteiger partial charge in [-0.3, -0.25) is 4.79 Å². The smallest absolute Gasteiger partial charge is 0.248 e. The number of hydrogen-bond donors (Lipinski definition) is 4. The number of nitrogens with two attached hydrogens (primary N) is 1. The van der Waals surface area contributed by atoms with Crippen LogP contribution in [0.25, 0.3) is 11.0 Å². The molecule has 0 aliphatic carbocycles. The number of H-pyrrole nitrogens is 1. The molecule has 0 aliphatic heterocycles. The zero-order valence-corrected chi connectivity index (χ0v) is 18.6. The summed E-state index contributed by atoms with van der Waals surface area (Å²) in [5.41, 5.74) is 9.98. The zero-order valence-electron chi connectivity index (χ0n) is 18.6. The van der Waals surface area contributed by atoms with Gasteiger partial charge in [-0.1, -0.05) is 25.7 Å². The number of hydrogen-bond acceptors (Lipinski definition) is 6. The first-order valence-corrected chi connectivity index (χ1v) is 10.8. The molecule has 166 valence electrons. The average molecular weight is 440 g/mol. The van der Waals surface area contributed by atoms with Gasteiger partial charge < -0.3 is 21.4 Å². The highest BCUT2D eigenvalue weighted by molar-refractivity contribution is 5.93. The van der Waals surface area contributed by atoms with Crippen molar-refractivity contribution in [2.75, 3.05) is 17.2 Å². The molecule has 0 fully saturated rings. The minimum Gasteiger partial charge on any atom is -0.369 e. The normalized spacial score (nSPS) is 10.5. The lowest BCUT2D eigenvalue weighted by molar-refractivity contribution is 0.100. The second-order valence-corrected chi connectivity index (χ2v) is 7.47. The summed E-state index contributed by atoms with van der Waals surface area (Å²) in [7, 11) is 0. The standard InChI is InChI=1S/C25H25N7O/c1-3-13-27-24-18(7-5-16-6-12-20-21(14-16)31-22(4-2)30-20)15-28-25(32-24)29-19-10-8-17(9-11-19)23(26)33/h6,8-12,14-15H,3-4,13H2,1-2H3,(H2,26,33)(H,30,31)(H2,27,28,29,32). The van der Waals surface area contributed by atoms with Crippen LogP contribution in [-0.4, -0.2) is 32.4 Å². The van der Waals surface area contributed by atoms with E-state index in [9.17, 15) is 4.79 Å². The number of carbonyl (C=O) groups is 1. The molecule has 0 radical (unpaired) electrons. The van der Waals surface area contributed by atoms with Gasteiger partial charge in [0.2, 0.25) is 11.9 Å². The van der Waals surface area contributed by atoms with Gasteiger partial charge in [0, 0.05) is 29.8 Å². The molecule has 33 heavy (non-hydrogen) atoms. The van der Waals surface area contributed by atoms with Gasteiger partial charge in [0.1, 0.15) is 11.6 Å². The molecular formula is C25H25N7O. The maximum Gasteiger partial charge on any atom is 0.248 e. The number of primary amides is 1. The molecule has 4 aromatic rings. The van der Waals surface area contributed by atoms with Crippen LogP contribution in [0.15, 0.2) is 48.7 Å². The third-order valence-corrected chi connectivity index (χ3v) is 4.96. The van der Waals surface area contributed by atoms with Crippen LogP contribution in [0.1, 0.15) is 47.6 Å². The summed E-state index contributed by atoms with van der Waals surface area (Å²) >= 11 is 0. The van der Waals surface area contributed by atoms with E-state index in [1.807, 2.05) is 18.2 Å². The van der Waals surface area contributed by atoms with Crippen LogP contribution in [0, 0.1) is 11.8 Å². The van der Waals surface area contributed by atoms with Gasteiger partial charge in [-0.25, -0.2) is 9.97 Å². The first-order chi connectivity index (χ1) is 16.1. The number of imidazole rings is 1. The molecular weight excluding hydrogens is 414 g/mol. The van der Waals surface area contributed by atoms with Gasteiger partial charge in [0.15, 0.2) is 0 Å². The predicted molar refractivity (Wildman–Crippen MR) is 131 cm³/mol. The second kappa shape index (κ2) is 9.83. The van der Waals surface area contributed by atoms with Crippen molar-refractivity contribution in [1.82, 2.24) is 19.9 Å². The van der Waals surface area contributed by atoms with Crippen molar-refractivity contribution < 1.29 is 4.79 Å². The molecule has 0 bridgehead atoms. The quantitative estimate of drug-likeness (QED) is 0.323. The van der Waals surface area contributed by atoms with Crippen LogP contribution in [0.5, 0.6) is 0 Å². The van der Waals surface area contributed by atoms with Crippen molar-refractivity contribution in [2.24, 2.45) is 5.73 Å². The molecule has 0 atom stereocenters. The Labute approximate surface area is 192 Å². The molecule has 0 aliphatic rings. The first kappa shape index (κ1) is 21.8. The van der Waals surface area contributed by atoms with Gasteiger partial charge >= 0.3 is 0 Å². The Hall–Kier alpha value is -4.38. The Kier molecular flexibility index (Phi) is 6.51. The number of fused-ring (bicyclic) bond motifs is 1. The minimum atomic E-state index is -0.468. The van der Waals surface area contributed by atoms with Crippen LogP contribution in [0.4, 0.5) is 17.5 Å². The molecule has 4 rings (SSSR count). The topological polar surface area (TPSA) is 122 Å². The summed E-state index contributed by atoms with van der Waals surface area (Å²) in [4.78, 5) is 28.1. The highest BCUT2D eigenvalue weighted by Crippen LogP contribution is 2.19. The summed E-state index contributed by atoms with van der Waals surface area (Å²) in [5, 5.41) is 6.46. The largest absolute Gasteiger partial charge is 0.369 e. The van der Waals surface area contributed by atoms with E-state index in [-0.39, 0.29) is 0 Å². The van der Waals surface area contributed by atoms with Crippen LogP contribution in [0.3, 0.4) is 0 Å². The van der Waals surface area contributed by atoms with Crippen LogP contribution in [-0.2, 0) is 6.42 Å². The number of anilines is 3. The van der Waals surface area contributed by atoms with E-state index in [2.05, 4.69) is 56.3 Å². The van der Waals surface area contributed by atoms with Gasteiger partial charge in [-0.05, 0) is 48.9 Å². The number of nitrogens with one attached hydrogen (secondary N) is 3. The van der Waals surface area contributed by atoms with Crippen molar-refractivity contribution in [2.45, 2.75) is 26.7 Å². The summed E-state index contributed by atoms with van der Waals surface area (Å²) in [6.07, 6.45) is 3.50. The second-order valence-electron chi connectivity index (χ2n) is 7.47. The van der Waals surface area contributed by atoms with Crippen LogP contribution < -0.4 is 16.4 Å². The Bertz CT molecular complexity index is 1350. The number of aromatic amines is 1. The molecule has 0 spiro atoms. The highest BCUT2D eigenvalue weighted by atomic mass is 16.1. The van der Waals surface area contributed by atoms with E-state index in [1.165, 1.54) is 0 Å². The number of aromatic nitrogens is 4. The molecule has 5 N–H and O–H groups in total. The summed E-state index contributed by atoms with van der Waals surface area (Å²) in [6, 6.07) is 12.7. The lowest BCUT2D eigenvalue weighted by Gasteiger charge is -2.10. The van der Waals surface area contributed by atoms with Gasteiger partial charge in [0.25, 0.3) is 0 Å². The molecule has 0 saturated carbocycles. The average Bonchev–Trinajstić information content (AvgIpc) is 3.25. The number of nitrogens with zero attached hydrogens (tertiary/aromatic N) is 3. The third-order valence-electron chi connectivity index (χ3n) is 4.96. The Morgan fingerprint density at radius 3 is 2.64 bits per heavy atom. The van der Waals surface area contributed by atoms with E-state index >= 15 is 0 Å². The van der Waals surface area contributed by atoms with E-state index in [4.69, 9.17) is 5.73 Å². The highest BCUT2D eigenvalue weighted by Gasteiger charge is 2.07. The van der Waals surface area contributed by atoms with E-state index in [0.717, 1.165) is 47.5 Å². The number of benzene rings is 2. The van der Waals surface area contributed by atoms with Crippen molar-refractivity contribution >= 4 is 34.4 Å². The fourth-order valence-corrected chi connectivity index (χ4v) is 3.21. The lowest BCUT2D eigenvalue weighted by Crippen LogP contribution is -2.10.